The predicted octanol–water partition coefficient (Wildman–Crippen LogP) is 5.11. The van der Waals surface area contributed by atoms with Gasteiger partial charge >= 0.3 is 0 Å². The Hall–Kier alpha value is -3.12. The van der Waals surface area contributed by atoms with E-state index in [4.69, 9.17) is 21.9 Å². The molecule has 4 nitrogen and oxygen atoms in total. The zero-order valence-corrected chi connectivity index (χ0v) is 18.0. The lowest BCUT2D eigenvalue weighted by molar-refractivity contribution is 0.0847. The van der Waals surface area contributed by atoms with E-state index in [0.717, 1.165) is 59.5 Å². The Kier molecular flexibility index (Phi) is 5.02. The summed E-state index contributed by atoms with van der Waals surface area (Å²) in [6.45, 7) is 0.334. The molecule has 0 saturated heterocycles. The number of rotatable bonds is 3. The number of fused-ring (bicyclic) bond motifs is 2. The van der Waals surface area contributed by atoms with E-state index >= 15 is 0 Å². The van der Waals surface area contributed by atoms with Crippen LogP contribution in [0.25, 0.3) is 11.1 Å². The van der Waals surface area contributed by atoms with Crippen molar-refractivity contribution in [1.82, 2.24) is 9.88 Å². The summed E-state index contributed by atoms with van der Waals surface area (Å²) in [5.74, 6) is 0.181. The molecule has 5 rings (SSSR count). The van der Waals surface area contributed by atoms with E-state index in [0.29, 0.717) is 17.1 Å². The second-order valence-corrected chi connectivity index (χ2v) is 8.26. The van der Waals surface area contributed by atoms with Crippen LogP contribution in [0.1, 0.15) is 45.7 Å². The van der Waals surface area contributed by atoms with E-state index in [-0.39, 0.29) is 11.7 Å². The minimum absolute atomic E-state index is 0.235. The maximum absolute atomic E-state index is 13.3. The maximum Gasteiger partial charge on any atom is 0.259 e. The molecule has 2 aliphatic rings. The molecular weight excluding hydrogens is 411 g/mol. The van der Waals surface area contributed by atoms with Crippen molar-refractivity contribution in [1.29, 1.82) is 0 Å². The largest absolute Gasteiger partial charge is 0.497 e. The molecule has 2 heterocycles. The van der Waals surface area contributed by atoms with Crippen LogP contribution in [-0.4, -0.2) is 27.9 Å². The van der Waals surface area contributed by atoms with Crippen LogP contribution in [0.15, 0.2) is 48.5 Å². The first kappa shape index (κ1) is 19.8. The Balaban J connectivity index is 1.62. The number of carbonyl (C=O) groups excluding carboxylic acids is 1. The van der Waals surface area contributed by atoms with Gasteiger partial charge in [-0.1, -0.05) is 24.4 Å². The van der Waals surface area contributed by atoms with Crippen LogP contribution < -0.4 is 4.74 Å². The van der Waals surface area contributed by atoms with Gasteiger partial charge in [-0.05, 0) is 78.8 Å². The van der Waals surface area contributed by atoms with Gasteiger partial charge in [-0.15, -0.1) is 0 Å². The molecule has 0 atom stereocenters. The van der Waals surface area contributed by atoms with Crippen LogP contribution in [0.4, 0.5) is 4.39 Å². The van der Waals surface area contributed by atoms with Crippen molar-refractivity contribution >= 4 is 23.1 Å². The molecule has 1 aromatic heterocycles. The monoisotopic (exact) mass is 432 g/mol. The molecule has 1 aliphatic carbocycles. The number of hydrogen-bond donors (Lipinski definition) is 0. The number of halogens is 1. The van der Waals surface area contributed by atoms with E-state index in [1.54, 1.807) is 12.0 Å². The third kappa shape index (κ3) is 3.41. The summed E-state index contributed by atoms with van der Waals surface area (Å²) >= 11 is 5.80. The van der Waals surface area contributed by atoms with Gasteiger partial charge in [-0.25, -0.2) is 4.39 Å². The first-order chi connectivity index (χ1) is 15.1. The molecule has 0 radical (unpaired) electrons. The Morgan fingerprint density at radius 2 is 1.71 bits per heavy atom. The normalized spacial score (nSPS) is 14.9. The van der Waals surface area contributed by atoms with Crippen LogP contribution in [0.2, 0.25) is 0 Å². The molecule has 0 unspecified atom stereocenters. The molecule has 0 bridgehead atoms. The number of thiocarbonyl (C=S) groups is 1. The van der Waals surface area contributed by atoms with Crippen molar-refractivity contribution in [2.75, 3.05) is 7.11 Å². The van der Waals surface area contributed by atoms with Crippen LogP contribution in [-0.2, 0) is 19.4 Å². The molecule has 1 amide bonds. The van der Waals surface area contributed by atoms with Crippen LogP contribution in [0, 0.1) is 5.82 Å². The number of aromatic nitrogens is 1. The summed E-state index contributed by atoms with van der Waals surface area (Å²) in [5.41, 5.74) is 6.59. The molecule has 0 N–H and O–H groups in total. The fraction of sp³-hybridized carbons (Fsp3) is 0.240. The number of amides is 1. The second-order valence-electron chi connectivity index (χ2n) is 7.87. The minimum atomic E-state index is -0.375. The number of hydrogen-bond acceptors (Lipinski definition) is 4. The highest BCUT2D eigenvalue weighted by molar-refractivity contribution is 7.80. The van der Waals surface area contributed by atoms with E-state index in [1.165, 1.54) is 29.8 Å². The van der Waals surface area contributed by atoms with Gasteiger partial charge in [0.1, 0.15) is 16.6 Å². The zero-order chi connectivity index (χ0) is 21.5. The van der Waals surface area contributed by atoms with Gasteiger partial charge in [0.25, 0.3) is 5.91 Å². The third-order valence-electron chi connectivity index (χ3n) is 6.03. The van der Waals surface area contributed by atoms with Gasteiger partial charge in [0.05, 0.1) is 19.3 Å². The number of nitrogens with zero attached hydrogens (tertiary/aromatic N) is 2. The predicted molar refractivity (Wildman–Crippen MR) is 121 cm³/mol. The quantitative estimate of drug-likeness (QED) is 0.540. The van der Waals surface area contributed by atoms with Crippen LogP contribution in [0.3, 0.4) is 0 Å². The number of benzene rings is 2. The highest BCUT2D eigenvalue weighted by Crippen LogP contribution is 2.40. The molecule has 0 saturated carbocycles. The number of aryl methyl sites for hydroxylation is 1. The fourth-order valence-corrected chi connectivity index (χ4v) is 4.85. The zero-order valence-electron chi connectivity index (χ0n) is 17.2. The van der Waals surface area contributed by atoms with E-state index < -0.39 is 0 Å². The van der Waals surface area contributed by atoms with Crippen LogP contribution >= 0.6 is 12.2 Å². The molecule has 156 valence electrons. The Morgan fingerprint density at radius 1 is 1.00 bits per heavy atom. The number of methoxy groups -OCH3 is 1. The highest BCUT2D eigenvalue weighted by Gasteiger charge is 2.35. The van der Waals surface area contributed by atoms with Crippen molar-refractivity contribution in [3.05, 3.63) is 82.4 Å². The second kappa shape index (κ2) is 7.85. The van der Waals surface area contributed by atoms with Crippen molar-refractivity contribution in [3.63, 3.8) is 0 Å². The van der Waals surface area contributed by atoms with Gasteiger partial charge in [0.2, 0.25) is 0 Å². The summed E-state index contributed by atoms with van der Waals surface area (Å²) in [6, 6.07) is 13.5. The molecule has 0 spiro atoms. The van der Waals surface area contributed by atoms with E-state index in [2.05, 4.69) is 0 Å². The highest BCUT2D eigenvalue weighted by atomic mass is 32.1. The Morgan fingerprint density at radius 3 is 2.42 bits per heavy atom. The Labute approximate surface area is 185 Å². The molecule has 6 heteroatoms. The van der Waals surface area contributed by atoms with Crippen molar-refractivity contribution in [3.8, 4) is 16.9 Å². The molecule has 2 aromatic carbocycles. The standard InChI is InChI=1S/C25H21FN2O2S/c1-30-18-12-8-15(9-13-18)22-19-4-2-3-5-20(19)27-21-14-28(25(31)23(21)22)24(29)16-6-10-17(26)11-7-16/h6-13H,2-5,14H2,1H3. The first-order valence-electron chi connectivity index (χ1n) is 10.4. The first-order valence-corrected chi connectivity index (χ1v) is 10.8. The summed E-state index contributed by atoms with van der Waals surface area (Å²) in [6.07, 6.45) is 4.11. The Bertz CT molecular complexity index is 1190. The van der Waals surface area contributed by atoms with Crippen molar-refractivity contribution in [2.45, 2.75) is 32.2 Å². The molecule has 31 heavy (non-hydrogen) atoms. The fourth-order valence-electron chi connectivity index (χ4n) is 4.49. The summed E-state index contributed by atoms with van der Waals surface area (Å²) in [4.78, 5) is 20.2. The van der Waals surface area contributed by atoms with Gasteiger partial charge in [0, 0.05) is 16.8 Å². The maximum atomic E-state index is 13.3. The number of carbonyl (C=O) groups is 1. The van der Waals surface area contributed by atoms with E-state index in [9.17, 15) is 9.18 Å². The van der Waals surface area contributed by atoms with Gasteiger partial charge in [-0.3, -0.25) is 14.7 Å². The molecular formula is C25H21FN2O2S. The van der Waals surface area contributed by atoms with Crippen molar-refractivity contribution in [2.24, 2.45) is 0 Å². The SMILES string of the molecule is COc1ccc(-c2c3c(nc4c2C(=S)N(C(=O)c2ccc(F)cc2)C4)CCCC3)cc1. The average molecular weight is 433 g/mol. The van der Waals surface area contributed by atoms with Gasteiger partial charge in [-0.2, -0.15) is 0 Å². The summed E-state index contributed by atoms with van der Waals surface area (Å²) in [5, 5.41) is 0. The molecule has 3 aromatic rings. The molecule has 0 fully saturated rings. The summed E-state index contributed by atoms with van der Waals surface area (Å²) < 4.78 is 18.6. The van der Waals surface area contributed by atoms with Gasteiger partial charge < -0.3 is 4.74 Å². The topological polar surface area (TPSA) is 42.4 Å². The lowest BCUT2D eigenvalue weighted by Gasteiger charge is -2.22. The average Bonchev–Trinajstić information content (AvgIpc) is 3.13. The smallest absolute Gasteiger partial charge is 0.259 e. The minimum Gasteiger partial charge on any atom is -0.497 e. The number of pyridine rings is 1. The lowest BCUT2D eigenvalue weighted by atomic mass is 9.86. The van der Waals surface area contributed by atoms with E-state index in [1.807, 2.05) is 24.3 Å². The van der Waals surface area contributed by atoms with Gasteiger partial charge in [0.15, 0.2) is 0 Å². The third-order valence-corrected chi connectivity index (χ3v) is 6.46. The summed E-state index contributed by atoms with van der Waals surface area (Å²) in [7, 11) is 1.65. The molecule has 1 aliphatic heterocycles. The number of ether oxygens (including phenoxy) is 1. The lowest BCUT2D eigenvalue weighted by Crippen LogP contribution is -2.30. The van der Waals surface area contributed by atoms with Crippen molar-refractivity contribution < 1.29 is 13.9 Å². The van der Waals surface area contributed by atoms with Crippen LogP contribution in [0.5, 0.6) is 5.75 Å².